The molecule has 1 aliphatic rings. The lowest BCUT2D eigenvalue weighted by Crippen LogP contribution is -2.19. The fourth-order valence-corrected chi connectivity index (χ4v) is 2.96. The van der Waals surface area contributed by atoms with Gasteiger partial charge in [0, 0.05) is 0 Å². The predicted octanol–water partition coefficient (Wildman–Crippen LogP) is 4.10. The van der Waals surface area contributed by atoms with Crippen LogP contribution < -0.4 is 0 Å². The van der Waals surface area contributed by atoms with Gasteiger partial charge in [-0.3, -0.25) is 0 Å². The van der Waals surface area contributed by atoms with E-state index in [2.05, 4.69) is 32.9 Å². The van der Waals surface area contributed by atoms with Crippen LogP contribution in [0.5, 0.6) is 5.75 Å². The van der Waals surface area contributed by atoms with E-state index in [0.717, 1.165) is 37.7 Å². The van der Waals surface area contributed by atoms with E-state index < -0.39 is 0 Å². The van der Waals surface area contributed by atoms with Gasteiger partial charge in [-0.15, -0.1) is 0 Å². The molecule has 0 radical (unpaired) electrons. The van der Waals surface area contributed by atoms with Gasteiger partial charge >= 0.3 is 0 Å². The fraction of sp³-hybridized carbons (Fsp3) is 0.647. The second-order valence-electron chi connectivity index (χ2n) is 6.53. The molecule has 2 heteroatoms. The summed E-state index contributed by atoms with van der Waals surface area (Å²) >= 11 is 0. The van der Waals surface area contributed by atoms with Gasteiger partial charge in [-0.05, 0) is 54.2 Å². The van der Waals surface area contributed by atoms with Gasteiger partial charge in [0.15, 0.2) is 0 Å². The average Bonchev–Trinajstić information content (AvgIpc) is 2.38. The Morgan fingerprint density at radius 1 is 1.26 bits per heavy atom. The van der Waals surface area contributed by atoms with Gasteiger partial charge < -0.3 is 10.2 Å². The number of hydrogen-bond donors (Lipinski definition) is 2. The largest absolute Gasteiger partial charge is 0.508 e. The Balaban J connectivity index is 2.24. The zero-order valence-electron chi connectivity index (χ0n) is 12.3. The van der Waals surface area contributed by atoms with E-state index in [0.29, 0.717) is 11.7 Å². The SMILES string of the molecule is CCC(C)(C)c1ccc([C@@H]2CCC[C@@H](O)C2)c(O)c1. The van der Waals surface area contributed by atoms with Crippen molar-refractivity contribution < 1.29 is 10.2 Å². The smallest absolute Gasteiger partial charge is 0.119 e. The van der Waals surface area contributed by atoms with Gasteiger partial charge in [-0.2, -0.15) is 0 Å². The van der Waals surface area contributed by atoms with Crippen molar-refractivity contribution >= 4 is 0 Å². The number of aromatic hydroxyl groups is 1. The van der Waals surface area contributed by atoms with E-state index in [1.165, 1.54) is 5.56 Å². The Hall–Kier alpha value is -1.02. The highest BCUT2D eigenvalue weighted by molar-refractivity contribution is 5.41. The normalized spacial score (nSPS) is 24.4. The summed E-state index contributed by atoms with van der Waals surface area (Å²) in [7, 11) is 0. The summed E-state index contributed by atoms with van der Waals surface area (Å²) in [6, 6.07) is 6.12. The molecule has 0 heterocycles. The molecule has 1 saturated carbocycles. The van der Waals surface area contributed by atoms with Crippen molar-refractivity contribution in [2.24, 2.45) is 0 Å². The summed E-state index contributed by atoms with van der Waals surface area (Å²) in [5, 5.41) is 20.1. The number of phenols is 1. The van der Waals surface area contributed by atoms with Crippen LogP contribution in [-0.4, -0.2) is 16.3 Å². The molecule has 106 valence electrons. The average molecular weight is 262 g/mol. The highest BCUT2D eigenvalue weighted by Gasteiger charge is 2.25. The predicted molar refractivity (Wildman–Crippen MR) is 78.6 cm³/mol. The first-order valence-corrected chi connectivity index (χ1v) is 7.45. The molecule has 1 aromatic rings. The Labute approximate surface area is 116 Å². The Kier molecular flexibility index (Phi) is 4.19. The minimum atomic E-state index is -0.204. The number of benzene rings is 1. The molecule has 0 saturated heterocycles. The van der Waals surface area contributed by atoms with Crippen molar-refractivity contribution in [3.05, 3.63) is 29.3 Å². The molecule has 0 aromatic heterocycles. The second-order valence-corrected chi connectivity index (χ2v) is 6.53. The summed E-state index contributed by atoms with van der Waals surface area (Å²) in [6.45, 7) is 6.57. The molecule has 2 N–H and O–H groups in total. The molecule has 2 rings (SSSR count). The summed E-state index contributed by atoms with van der Waals surface area (Å²) < 4.78 is 0. The standard InChI is InChI=1S/C17H26O2/c1-4-17(2,3)13-8-9-15(16(19)11-13)12-6-5-7-14(18)10-12/h8-9,11-12,14,18-19H,4-7,10H2,1-3H3/t12-,14-/m1/s1. The lowest BCUT2D eigenvalue weighted by atomic mass is 9.78. The quantitative estimate of drug-likeness (QED) is 0.861. The van der Waals surface area contributed by atoms with Crippen LogP contribution in [0.4, 0.5) is 0 Å². The summed E-state index contributed by atoms with van der Waals surface area (Å²) in [4.78, 5) is 0. The maximum Gasteiger partial charge on any atom is 0.119 e. The van der Waals surface area contributed by atoms with E-state index in [-0.39, 0.29) is 11.5 Å². The number of aliphatic hydroxyl groups is 1. The van der Waals surface area contributed by atoms with Crippen molar-refractivity contribution in [3.63, 3.8) is 0 Å². The van der Waals surface area contributed by atoms with Crippen LogP contribution in [0.2, 0.25) is 0 Å². The zero-order chi connectivity index (χ0) is 14.0. The zero-order valence-corrected chi connectivity index (χ0v) is 12.3. The molecule has 1 fully saturated rings. The third kappa shape index (κ3) is 3.11. The number of hydrogen-bond acceptors (Lipinski definition) is 2. The minimum absolute atomic E-state index is 0.0993. The van der Waals surface area contributed by atoms with Crippen molar-refractivity contribution in [3.8, 4) is 5.75 Å². The summed E-state index contributed by atoms with van der Waals surface area (Å²) in [5.41, 5.74) is 2.30. The maximum atomic E-state index is 10.3. The van der Waals surface area contributed by atoms with E-state index in [4.69, 9.17) is 0 Å². The van der Waals surface area contributed by atoms with Crippen LogP contribution in [0.1, 0.15) is 69.9 Å². The molecular formula is C17H26O2. The first-order chi connectivity index (χ1) is 8.94. The Bertz CT molecular complexity index is 437. The van der Waals surface area contributed by atoms with Gasteiger partial charge in [0.1, 0.15) is 5.75 Å². The van der Waals surface area contributed by atoms with E-state index in [1.54, 1.807) is 0 Å². The lowest BCUT2D eigenvalue weighted by Gasteiger charge is -2.28. The molecule has 0 amide bonds. The molecule has 19 heavy (non-hydrogen) atoms. The molecule has 1 aromatic carbocycles. The van der Waals surface area contributed by atoms with E-state index in [1.807, 2.05) is 6.07 Å². The first kappa shape index (κ1) is 14.4. The van der Waals surface area contributed by atoms with E-state index >= 15 is 0 Å². The van der Waals surface area contributed by atoms with Gasteiger partial charge in [0.05, 0.1) is 6.10 Å². The Morgan fingerprint density at radius 2 is 2.00 bits per heavy atom. The van der Waals surface area contributed by atoms with E-state index in [9.17, 15) is 10.2 Å². The van der Waals surface area contributed by atoms with Gasteiger partial charge in [-0.25, -0.2) is 0 Å². The third-order valence-electron chi connectivity index (χ3n) is 4.78. The summed E-state index contributed by atoms with van der Waals surface area (Å²) in [5.74, 6) is 0.709. The minimum Gasteiger partial charge on any atom is -0.508 e. The fourth-order valence-electron chi connectivity index (χ4n) is 2.96. The highest BCUT2D eigenvalue weighted by Crippen LogP contribution is 2.39. The van der Waals surface area contributed by atoms with Crippen molar-refractivity contribution in [2.75, 3.05) is 0 Å². The lowest BCUT2D eigenvalue weighted by molar-refractivity contribution is 0.119. The van der Waals surface area contributed by atoms with Gasteiger partial charge in [0.2, 0.25) is 0 Å². The number of aliphatic hydroxyl groups excluding tert-OH is 1. The molecule has 1 aliphatic carbocycles. The molecular weight excluding hydrogens is 236 g/mol. The molecule has 2 atom stereocenters. The maximum absolute atomic E-state index is 10.3. The third-order valence-corrected chi connectivity index (χ3v) is 4.78. The molecule has 0 bridgehead atoms. The molecule has 0 unspecified atom stereocenters. The highest BCUT2D eigenvalue weighted by atomic mass is 16.3. The van der Waals surface area contributed by atoms with Gasteiger partial charge in [0.25, 0.3) is 0 Å². The number of rotatable bonds is 3. The number of phenolic OH excluding ortho intramolecular Hbond substituents is 1. The monoisotopic (exact) mass is 262 g/mol. The molecule has 0 spiro atoms. The van der Waals surface area contributed by atoms with Crippen LogP contribution in [-0.2, 0) is 5.41 Å². The Morgan fingerprint density at radius 3 is 2.58 bits per heavy atom. The van der Waals surface area contributed by atoms with Crippen molar-refractivity contribution in [1.82, 2.24) is 0 Å². The van der Waals surface area contributed by atoms with Crippen LogP contribution in [0.3, 0.4) is 0 Å². The van der Waals surface area contributed by atoms with Crippen LogP contribution in [0.25, 0.3) is 0 Å². The van der Waals surface area contributed by atoms with Crippen LogP contribution >= 0.6 is 0 Å². The van der Waals surface area contributed by atoms with Crippen LogP contribution in [0, 0.1) is 0 Å². The second kappa shape index (κ2) is 5.54. The topological polar surface area (TPSA) is 40.5 Å². The molecule has 0 aliphatic heterocycles. The summed E-state index contributed by atoms with van der Waals surface area (Å²) in [6.07, 6.45) is 4.65. The first-order valence-electron chi connectivity index (χ1n) is 7.45. The van der Waals surface area contributed by atoms with Crippen molar-refractivity contribution in [1.29, 1.82) is 0 Å². The van der Waals surface area contributed by atoms with Gasteiger partial charge in [-0.1, -0.05) is 39.3 Å². The van der Waals surface area contributed by atoms with Crippen LogP contribution in [0.15, 0.2) is 18.2 Å². The molecule has 2 nitrogen and oxygen atoms in total. The van der Waals surface area contributed by atoms with Crippen molar-refractivity contribution in [2.45, 2.75) is 70.3 Å².